The Morgan fingerprint density at radius 2 is 0.742 bits per heavy atom. The van der Waals surface area contributed by atoms with E-state index < -0.39 is 5.41 Å². The monoisotopic (exact) mass is 794 g/mol. The molecule has 1 unspecified atom stereocenters. The number of fused-ring (bicyclic) bond motifs is 7. The first-order valence-electron chi connectivity index (χ1n) is 20.8. The summed E-state index contributed by atoms with van der Waals surface area (Å²) in [7, 11) is 0. The maximum absolute atomic E-state index is 5.21. The highest BCUT2D eigenvalue weighted by atomic mass is 15.0. The van der Waals surface area contributed by atoms with Crippen molar-refractivity contribution in [1.29, 1.82) is 0 Å². The van der Waals surface area contributed by atoms with Gasteiger partial charge in [-0.2, -0.15) is 0 Å². The van der Waals surface area contributed by atoms with Gasteiger partial charge in [-0.1, -0.05) is 213 Å². The average Bonchev–Trinajstić information content (AvgIpc) is 3.67. The summed E-state index contributed by atoms with van der Waals surface area (Å²) in [5.74, 6) is 3.65. The molecule has 7 aromatic carbocycles. The zero-order valence-electron chi connectivity index (χ0n) is 33.7. The second kappa shape index (κ2) is 15.4. The van der Waals surface area contributed by atoms with Gasteiger partial charge in [-0.15, -0.1) is 0 Å². The van der Waals surface area contributed by atoms with Crippen molar-refractivity contribution in [3.63, 3.8) is 0 Å². The van der Waals surface area contributed by atoms with Crippen molar-refractivity contribution < 1.29 is 0 Å². The number of benzene rings is 7. The second-order valence-electron chi connectivity index (χ2n) is 15.5. The van der Waals surface area contributed by atoms with Gasteiger partial charge in [0.05, 0.1) is 5.41 Å². The van der Waals surface area contributed by atoms with Crippen LogP contribution in [0.25, 0.3) is 79.2 Å². The van der Waals surface area contributed by atoms with Crippen LogP contribution < -0.4 is 0 Å². The Bertz CT molecular complexity index is 3100. The molecule has 0 aliphatic heterocycles. The smallest absolute Gasteiger partial charge is 0.164 e. The highest BCUT2D eigenvalue weighted by Gasteiger charge is 2.46. The Kier molecular flexibility index (Phi) is 9.16. The summed E-state index contributed by atoms with van der Waals surface area (Å²) in [6.45, 7) is 4.84. The third kappa shape index (κ3) is 6.28. The van der Waals surface area contributed by atoms with E-state index in [1.54, 1.807) is 0 Å². The van der Waals surface area contributed by atoms with Crippen LogP contribution >= 0.6 is 0 Å². The van der Waals surface area contributed by atoms with Crippen molar-refractivity contribution in [1.82, 2.24) is 29.9 Å². The van der Waals surface area contributed by atoms with Gasteiger partial charge < -0.3 is 0 Å². The van der Waals surface area contributed by atoms with E-state index in [-0.39, 0.29) is 0 Å². The van der Waals surface area contributed by atoms with E-state index in [2.05, 4.69) is 85.0 Å². The zero-order chi connectivity index (χ0) is 41.5. The van der Waals surface area contributed by atoms with Gasteiger partial charge in [-0.25, -0.2) is 29.9 Å². The van der Waals surface area contributed by atoms with Crippen LogP contribution in [-0.2, 0) is 5.41 Å². The van der Waals surface area contributed by atoms with E-state index in [1.807, 2.05) is 121 Å². The summed E-state index contributed by atoms with van der Waals surface area (Å²) in [4.78, 5) is 30.7. The van der Waals surface area contributed by atoms with Crippen LogP contribution in [-0.4, -0.2) is 29.9 Å². The Morgan fingerprint density at radius 1 is 0.355 bits per heavy atom. The highest BCUT2D eigenvalue weighted by molar-refractivity contribution is 6.05. The Hall–Kier alpha value is -8.22. The summed E-state index contributed by atoms with van der Waals surface area (Å²) in [6, 6.07) is 64.5. The van der Waals surface area contributed by atoms with E-state index in [4.69, 9.17) is 36.5 Å². The van der Waals surface area contributed by atoms with Crippen molar-refractivity contribution in [2.75, 3.05) is 0 Å². The largest absolute Gasteiger partial charge is 0.208 e. The lowest BCUT2D eigenvalue weighted by Crippen LogP contribution is -2.27. The predicted octanol–water partition coefficient (Wildman–Crippen LogP) is 12.8. The molecule has 1 spiro atoms. The number of allylic oxidation sites excluding steroid dienone is 5. The molecule has 1 atom stereocenters. The first-order chi connectivity index (χ1) is 30.7. The van der Waals surface area contributed by atoms with Gasteiger partial charge >= 0.3 is 0 Å². The van der Waals surface area contributed by atoms with Crippen LogP contribution in [0.2, 0.25) is 0 Å². The van der Waals surface area contributed by atoms with Gasteiger partial charge in [-0.05, 0) is 45.4 Å². The minimum absolute atomic E-state index is 0.561. The normalized spacial score (nSPS) is 16.5. The third-order valence-corrected chi connectivity index (χ3v) is 11.9. The van der Waals surface area contributed by atoms with E-state index in [1.165, 1.54) is 11.1 Å². The molecule has 11 rings (SSSR count). The molecule has 2 aromatic heterocycles. The molecule has 0 amide bonds. The molecule has 62 heavy (non-hydrogen) atoms. The van der Waals surface area contributed by atoms with Crippen molar-refractivity contribution >= 4 is 11.1 Å². The lowest BCUT2D eigenvalue weighted by molar-refractivity contribution is 0.643. The topological polar surface area (TPSA) is 77.3 Å². The molecule has 0 saturated heterocycles. The molecule has 2 heterocycles. The van der Waals surface area contributed by atoms with Crippen molar-refractivity contribution in [2.45, 2.75) is 11.8 Å². The molecule has 9 aromatic rings. The molecule has 6 heteroatoms. The highest BCUT2D eigenvalue weighted by Crippen LogP contribution is 2.58. The van der Waals surface area contributed by atoms with E-state index >= 15 is 0 Å². The standard InChI is InChI=1S/C56H38N6/c1-37-42-29-14-16-33-46(42)56(36-19-18-30-43(37)54-59-50(38-21-6-2-7-22-38)57-51(60-54)39-23-8-3-9-24-39)47-34-17-15-31-44(47)49-45(32-20-35-48(49)56)55-61-52(40-25-10-4-11-26-40)58-53(62-55)41-27-12-5-13-28-41/h2-35H,1,36H2/b19-18-,43-30+. The van der Waals surface area contributed by atoms with E-state index in [9.17, 15) is 0 Å². The number of hydrogen-bond donors (Lipinski definition) is 0. The molecule has 0 bridgehead atoms. The Labute approximate surface area is 360 Å². The van der Waals surface area contributed by atoms with Crippen LogP contribution in [0.5, 0.6) is 0 Å². The molecule has 6 nitrogen and oxygen atoms in total. The molecule has 0 saturated carbocycles. The molecule has 2 aliphatic carbocycles. The summed E-state index contributed by atoms with van der Waals surface area (Å²) in [5, 5.41) is 0. The summed E-state index contributed by atoms with van der Waals surface area (Å²) < 4.78 is 0. The minimum Gasteiger partial charge on any atom is -0.208 e. The van der Waals surface area contributed by atoms with Crippen LogP contribution in [0.4, 0.5) is 0 Å². The van der Waals surface area contributed by atoms with E-state index in [0.29, 0.717) is 41.4 Å². The number of hydrogen-bond acceptors (Lipinski definition) is 6. The third-order valence-electron chi connectivity index (χ3n) is 11.9. The van der Waals surface area contributed by atoms with Crippen molar-refractivity contribution in [3.8, 4) is 68.1 Å². The van der Waals surface area contributed by atoms with Gasteiger partial charge in [0.25, 0.3) is 0 Å². The summed E-state index contributed by atoms with van der Waals surface area (Å²) >= 11 is 0. The van der Waals surface area contributed by atoms with Crippen molar-refractivity contribution in [3.05, 3.63) is 241 Å². The first kappa shape index (κ1) is 36.8. The lowest BCUT2D eigenvalue weighted by atomic mass is 9.68. The van der Waals surface area contributed by atoms with Gasteiger partial charge in [0.1, 0.15) is 0 Å². The number of nitrogens with zero attached hydrogens (tertiary/aromatic N) is 6. The quantitative estimate of drug-likeness (QED) is 0.167. The van der Waals surface area contributed by atoms with Crippen LogP contribution in [0.3, 0.4) is 0 Å². The second-order valence-corrected chi connectivity index (χ2v) is 15.5. The Morgan fingerprint density at radius 3 is 1.26 bits per heavy atom. The molecular weight excluding hydrogens is 757 g/mol. The molecule has 2 aliphatic rings. The maximum atomic E-state index is 5.21. The van der Waals surface area contributed by atoms with Gasteiger partial charge in [0.15, 0.2) is 34.9 Å². The summed E-state index contributed by atoms with van der Waals surface area (Å²) in [5.41, 5.74) is 12.6. The van der Waals surface area contributed by atoms with Gasteiger partial charge in [0, 0.05) is 33.4 Å². The summed E-state index contributed by atoms with van der Waals surface area (Å²) in [6.07, 6.45) is 7.21. The SMILES string of the molecule is C=C1/C(c2nc(-c3ccccc3)nc(-c3ccccc3)n2)=C\C=C/CC2(c3ccccc31)c1ccccc1-c1c(-c3nc(-c4ccccc4)nc(-c4ccccc4)n3)cccc12. The van der Waals surface area contributed by atoms with Crippen LogP contribution in [0, 0.1) is 0 Å². The maximum Gasteiger partial charge on any atom is 0.164 e. The van der Waals surface area contributed by atoms with Gasteiger partial charge in [0.2, 0.25) is 0 Å². The van der Waals surface area contributed by atoms with Gasteiger partial charge in [-0.3, -0.25) is 0 Å². The Balaban J connectivity index is 1.10. The fourth-order valence-corrected chi connectivity index (χ4v) is 9.06. The molecule has 0 radical (unpaired) electrons. The lowest BCUT2D eigenvalue weighted by Gasteiger charge is -2.34. The first-order valence-corrected chi connectivity index (χ1v) is 20.8. The fraction of sp³-hybridized carbons (Fsp3) is 0.0357. The van der Waals surface area contributed by atoms with E-state index in [0.717, 1.165) is 61.2 Å². The zero-order valence-corrected chi connectivity index (χ0v) is 33.7. The molecule has 0 fully saturated rings. The molecule has 292 valence electrons. The van der Waals surface area contributed by atoms with Crippen LogP contribution in [0.15, 0.2) is 213 Å². The molecular formula is C56H38N6. The predicted molar refractivity (Wildman–Crippen MR) is 249 cm³/mol. The fourth-order valence-electron chi connectivity index (χ4n) is 9.06. The minimum atomic E-state index is -0.581. The number of aromatic nitrogens is 6. The van der Waals surface area contributed by atoms with Crippen molar-refractivity contribution in [2.24, 2.45) is 0 Å². The van der Waals surface area contributed by atoms with Crippen LogP contribution in [0.1, 0.15) is 34.5 Å². The molecule has 0 N–H and O–H groups in total. The number of rotatable bonds is 6. The average molecular weight is 795 g/mol.